The second kappa shape index (κ2) is 6.19. The number of rotatable bonds is 5. The topological polar surface area (TPSA) is 98.7 Å². The molecule has 1 aliphatic rings. The van der Waals surface area contributed by atoms with Gasteiger partial charge in [0.05, 0.1) is 12.5 Å². The summed E-state index contributed by atoms with van der Waals surface area (Å²) in [5, 5.41) is 14.0. The summed E-state index contributed by atoms with van der Waals surface area (Å²) >= 11 is 0. The zero-order valence-corrected chi connectivity index (χ0v) is 9.73. The molecule has 3 N–H and O–H groups in total. The Morgan fingerprint density at radius 1 is 1.59 bits per heavy atom. The van der Waals surface area contributed by atoms with Crippen molar-refractivity contribution in [1.29, 1.82) is 0 Å². The van der Waals surface area contributed by atoms with Gasteiger partial charge in [0.25, 0.3) is 0 Å². The normalized spacial score (nSPS) is 20.8. The quantitative estimate of drug-likeness (QED) is 0.540. The monoisotopic (exact) mass is 243 g/mol. The van der Waals surface area contributed by atoms with Gasteiger partial charge in [0.1, 0.15) is 0 Å². The molecular weight excluding hydrogens is 226 g/mol. The zero-order valence-electron chi connectivity index (χ0n) is 9.73. The Kier molecular flexibility index (Phi) is 4.89. The molecule has 7 heteroatoms. The van der Waals surface area contributed by atoms with Crippen LogP contribution in [-0.4, -0.2) is 60.0 Å². The summed E-state index contributed by atoms with van der Waals surface area (Å²) in [5.74, 6) is -1.40. The van der Waals surface area contributed by atoms with E-state index in [1.807, 2.05) is 0 Å². The Hall–Kier alpha value is -1.63. The van der Waals surface area contributed by atoms with Crippen molar-refractivity contribution < 1.29 is 19.5 Å². The highest BCUT2D eigenvalue weighted by molar-refractivity contribution is 5.86. The largest absolute Gasteiger partial charge is 0.481 e. The fraction of sp³-hybridized carbons (Fsp3) is 0.700. The van der Waals surface area contributed by atoms with Gasteiger partial charge in [-0.3, -0.25) is 19.3 Å². The number of aliphatic carboxylic acids is 1. The molecule has 1 saturated heterocycles. The number of carbonyl (C=O) groups is 3. The number of hydrogen-bond acceptors (Lipinski definition) is 4. The Morgan fingerprint density at radius 2 is 2.29 bits per heavy atom. The number of nitrogens with one attached hydrogen (secondary N) is 2. The van der Waals surface area contributed by atoms with Crippen LogP contribution < -0.4 is 10.6 Å². The molecular formula is C10H17N3O4. The van der Waals surface area contributed by atoms with Crippen LogP contribution in [0.5, 0.6) is 0 Å². The van der Waals surface area contributed by atoms with Crippen molar-refractivity contribution in [2.45, 2.75) is 19.4 Å². The summed E-state index contributed by atoms with van der Waals surface area (Å²) in [6.45, 7) is 3.42. The minimum atomic E-state index is -1.00. The summed E-state index contributed by atoms with van der Waals surface area (Å²) < 4.78 is 0. The Morgan fingerprint density at radius 3 is 2.88 bits per heavy atom. The van der Waals surface area contributed by atoms with E-state index in [1.54, 1.807) is 4.90 Å². The maximum Gasteiger partial charge on any atom is 0.305 e. The van der Waals surface area contributed by atoms with Crippen molar-refractivity contribution in [3.8, 4) is 0 Å². The van der Waals surface area contributed by atoms with E-state index in [-0.39, 0.29) is 18.2 Å². The van der Waals surface area contributed by atoms with Crippen molar-refractivity contribution in [2.24, 2.45) is 0 Å². The second-order valence-electron chi connectivity index (χ2n) is 3.92. The van der Waals surface area contributed by atoms with Crippen molar-refractivity contribution in [1.82, 2.24) is 15.5 Å². The highest BCUT2D eigenvalue weighted by Gasteiger charge is 2.30. The van der Waals surface area contributed by atoms with Gasteiger partial charge in [-0.05, 0) is 0 Å². The Balaban J connectivity index is 2.50. The van der Waals surface area contributed by atoms with E-state index < -0.39 is 12.0 Å². The number of amides is 2. The number of carbonyl (C=O) groups excluding carboxylic acids is 2. The summed E-state index contributed by atoms with van der Waals surface area (Å²) in [4.78, 5) is 34.7. The van der Waals surface area contributed by atoms with Crippen LogP contribution in [-0.2, 0) is 14.4 Å². The average molecular weight is 243 g/mol. The van der Waals surface area contributed by atoms with Crippen LogP contribution in [0.15, 0.2) is 0 Å². The van der Waals surface area contributed by atoms with Gasteiger partial charge in [-0.2, -0.15) is 0 Å². The fourth-order valence-electron chi connectivity index (χ4n) is 1.79. The molecule has 1 aliphatic heterocycles. The van der Waals surface area contributed by atoms with Crippen LogP contribution in [0.4, 0.5) is 0 Å². The standard InChI is InChI=1S/C10H17N3O4/c1-7(14)11-2-4-13-5-3-12-10(17)8(13)6-9(15)16/h8H,2-6H2,1H3,(H,11,14)(H,12,17)(H,15,16). The number of hydrogen-bond donors (Lipinski definition) is 3. The minimum Gasteiger partial charge on any atom is -0.481 e. The Bertz CT molecular complexity index is 319. The smallest absolute Gasteiger partial charge is 0.305 e. The van der Waals surface area contributed by atoms with Crippen LogP contribution in [0, 0.1) is 0 Å². The third-order valence-electron chi connectivity index (χ3n) is 2.58. The van der Waals surface area contributed by atoms with Crippen LogP contribution in [0.2, 0.25) is 0 Å². The van der Waals surface area contributed by atoms with Gasteiger partial charge in [-0.15, -0.1) is 0 Å². The summed E-state index contributed by atoms with van der Waals surface area (Å²) in [6.07, 6.45) is -0.216. The van der Waals surface area contributed by atoms with Crippen molar-refractivity contribution in [3.05, 3.63) is 0 Å². The van der Waals surface area contributed by atoms with Gasteiger partial charge in [0, 0.05) is 33.1 Å². The molecule has 0 spiro atoms. The first-order valence-electron chi connectivity index (χ1n) is 5.48. The highest BCUT2D eigenvalue weighted by atomic mass is 16.4. The fourth-order valence-corrected chi connectivity index (χ4v) is 1.79. The molecule has 0 radical (unpaired) electrons. The SMILES string of the molecule is CC(=O)NCCN1CCNC(=O)C1CC(=O)O. The van der Waals surface area contributed by atoms with E-state index in [4.69, 9.17) is 5.11 Å². The van der Waals surface area contributed by atoms with Gasteiger partial charge < -0.3 is 15.7 Å². The molecule has 1 atom stereocenters. The van der Waals surface area contributed by atoms with E-state index in [0.717, 1.165) is 0 Å². The summed E-state index contributed by atoms with van der Waals surface area (Å²) in [5.41, 5.74) is 0. The second-order valence-corrected chi connectivity index (χ2v) is 3.92. The number of carboxylic acid groups (broad SMARTS) is 1. The predicted octanol–water partition coefficient (Wildman–Crippen LogP) is -1.60. The molecule has 0 aromatic rings. The van der Waals surface area contributed by atoms with E-state index in [0.29, 0.717) is 26.2 Å². The molecule has 2 amide bonds. The van der Waals surface area contributed by atoms with E-state index in [1.165, 1.54) is 6.92 Å². The molecule has 0 saturated carbocycles. The van der Waals surface area contributed by atoms with E-state index in [2.05, 4.69) is 10.6 Å². The van der Waals surface area contributed by atoms with Gasteiger partial charge in [-0.25, -0.2) is 0 Å². The first-order valence-corrected chi connectivity index (χ1v) is 5.48. The average Bonchev–Trinajstić information content (AvgIpc) is 2.22. The molecule has 1 fully saturated rings. The number of carboxylic acids is 1. The van der Waals surface area contributed by atoms with Gasteiger partial charge in [-0.1, -0.05) is 0 Å². The van der Waals surface area contributed by atoms with Gasteiger partial charge in [0.2, 0.25) is 11.8 Å². The van der Waals surface area contributed by atoms with Crippen molar-refractivity contribution in [2.75, 3.05) is 26.2 Å². The Labute approximate surface area is 99.2 Å². The van der Waals surface area contributed by atoms with Crippen LogP contribution in [0.1, 0.15) is 13.3 Å². The van der Waals surface area contributed by atoms with Gasteiger partial charge in [0.15, 0.2) is 0 Å². The highest BCUT2D eigenvalue weighted by Crippen LogP contribution is 2.08. The summed E-state index contributed by atoms with van der Waals surface area (Å²) in [6, 6.07) is -0.644. The maximum absolute atomic E-state index is 11.5. The predicted molar refractivity (Wildman–Crippen MR) is 59.3 cm³/mol. The molecule has 0 aromatic carbocycles. The number of nitrogens with zero attached hydrogens (tertiary/aromatic N) is 1. The third kappa shape index (κ3) is 4.39. The molecule has 17 heavy (non-hydrogen) atoms. The number of piperazine rings is 1. The van der Waals surface area contributed by atoms with E-state index >= 15 is 0 Å². The third-order valence-corrected chi connectivity index (χ3v) is 2.58. The van der Waals surface area contributed by atoms with Gasteiger partial charge >= 0.3 is 5.97 Å². The maximum atomic E-state index is 11.5. The molecule has 96 valence electrons. The van der Waals surface area contributed by atoms with Crippen molar-refractivity contribution in [3.63, 3.8) is 0 Å². The lowest BCUT2D eigenvalue weighted by atomic mass is 10.1. The first-order chi connectivity index (χ1) is 8.00. The molecule has 1 heterocycles. The van der Waals surface area contributed by atoms with E-state index in [9.17, 15) is 14.4 Å². The molecule has 7 nitrogen and oxygen atoms in total. The minimum absolute atomic E-state index is 0.138. The summed E-state index contributed by atoms with van der Waals surface area (Å²) in [7, 11) is 0. The van der Waals surface area contributed by atoms with Crippen LogP contribution >= 0.6 is 0 Å². The molecule has 1 rings (SSSR count). The van der Waals surface area contributed by atoms with Crippen molar-refractivity contribution >= 4 is 17.8 Å². The van der Waals surface area contributed by atoms with Crippen LogP contribution in [0.25, 0.3) is 0 Å². The lowest BCUT2D eigenvalue weighted by Crippen LogP contribution is -2.57. The lowest BCUT2D eigenvalue weighted by Gasteiger charge is -2.34. The van der Waals surface area contributed by atoms with Crippen LogP contribution in [0.3, 0.4) is 0 Å². The first kappa shape index (κ1) is 13.4. The lowest BCUT2D eigenvalue weighted by molar-refractivity contribution is -0.143. The molecule has 0 bridgehead atoms. The molecule has 0 aliphatic carbocycles. The molecule has 0 aromatic heterocycles. The zero-order chi connectivity index (χ0) is 12.8. The molecule has 1 unspecified atom stereocenters.